The highest BCUT2D eigenvalue weighted by molar-refractivity contribution is 5.96. The van der Waals surface area contributed by atoms with Gasteiger partial charge in [-0.1, -0.05) is 0 Å². The van der Waals surface area contributed by atoms with Gasteiger partial charge in [0.15, 0.2) is 0 Å². The molecular weight excluding hydrogens is 246 g/mol. The highest BCUT2D eigenvalue weighted by Crippen LogP contribution is 2.18. The van der Waals surface area contributed by atoms with Crippen molar-refractivity contribution in [1.29, 1.82) is 0 Å². The summed E-state index contributed by atoms with van der Waals surface area (Å²) in [7, 11) is 1.72. The third-order valence-electron chi connectivity index (χ3n) is 3.89. The van der Waals surface area contributed by atoms with Gasteiger partial charge in [-0.3, -0.25) is 15.0 Å². The molecule has 108 valence electrons. The topological polar surface area (TPSA) is 70.7 Å². The molecule has 0 spiro atoms. The first-order chi connectivity index (χ1) is 9.10. The molecule has 1 unspecified atom stereocenters. The van der Waals surface area contributed by atoms with Crippen LogP contribution in [0.2, 0.25) is 0 Å². The van der Waals surface area contributed by atoms with Crippen LogP contribution in [0.3, 0.4) is 0 Å². The summed E-state index contributed by atoms with van der Waals surface area (Å²) >= 11 is 0. The first-order valence-corrected chi connectivity index (χ1v) is 6.98. The van der Waals surface area contributed by atoms with Crippen LogP contribution in [0.25, 0.3) is 0 Å². The van der Waals surface area contributed by atoms with Crippen molar-refractivity contribution >= 4 is 11.9 Å². The van der Waals surface area contributed by atoms with Gasteiger partial charge in [-0.05, 0) is 32.6 Å². The number of hydrogen-bond donors (Lipinski definition) is 2. The Labute approximate surface area is 113 Å². The summed E-state index contributed by atoms with van der Waals surface area (Å²) in [5.74, 6) is -0.228. The first kappa shape index (κ1) is 14.3. The molecule has 1 saturated carbocycles. The van der Waals surface area contributed by atoms with E-state index in [0.717, 1.165) is 38.8 Å². The van der Waals surface area contributed by atoms with Gasteiger partial charge in [-0.2, -0.15) is 0 Å². The van der Waals surface area contributed by atoms with Crippen LogP contribution in [0.5, 0.6) is 0 Å². The van der Waals surface area contributed by atoms with E-state index in [0.29, 0.717) is 6.10 Å². The maximum atomic E-state index is 12.0. The molecule has 2 aliphatic rings. The lowest BCUT2D eigenvalue weighted by atomic mass is 10.1. The van der Waals surface area contributed by atoms with Crippen molar-refractivity contribution in [1.82, 2.24) is 15.5 Å². The number of hydrogen-bond acceptors (Lipinski definition) is 4. The number of urea groups is 1. The van der Waals surface area contributed by atoms with Gasteiger partial charge >= 0.3 is 6.03 Å². The molecule has 1 aliphatic heterocycles. The van der Waals surface area contributed by atoms with E-state index in [2.05, 4.69) is 15.5 Å². The average Bonchev–Trinajstić information content (AvgIpc) is 3.21. The molecule has 1 saturated heterocycles. The van der Waals surface area contributed by atoms with E-state index in [4.69, 9.17) is 4.74 Å². The molecule has 6 heteroatoms. The van der Waals surface area contributed by atoms with Crippen LogP contribution >= 0.6 is 0 Å². The Bertz CT molecular complexity index is 336. The molecule has 2 rings (SSSR count). The number of carbonyl (C=O) groups is 2. The normalized spacial score (nSPS) is 22.8. The fraction of sp³-hybridized carbons (Fsp3) is 0.846. The summed E-state index contributed by atoms with van der Waals surface area (Å²) in [6, 6.07) is -0.380. The van der Waals surface area contributed by atoms with Gasteiger partial charge in [-0.25, -0.2) is 4.79 Å². The fourth-order valence-electron chi connectivity index (χ4n) is 2.33. The second-order valence-electron chi connectivity index (χ2n) is 5.38. The van der Waals surface area contributed by atoms with Gasteiger partial charge in [0.05, 0.1) is 12.1 Å². The van der Waals surface area contributed by atoms with E-state index in [-0.39, 0.29) is 24.0 Å². The predicted molar refractivity (Wildman–Crippen MR) is 70.8 cm³/mol. The molecule has 0 radical (unpaired) electrons. The highest BCUT2D eigenvalue weighted by atomic mass is 16.5. The second kappa shape index (κ2) is 6.34. The SMILES string of the molecule is COC1CCN(C(C)C(=O)NC(=O)NC2CC2)CC1. The third-order valence-corrected chi connectivity index (χ3v) is 3.89. The largest absolute Gasteiger partial charge is 0.381 e. The van der Waals surface area contributed by atoms with Crippen molar-refractivity contribution in [2.24, 2.45) is 0 Å². The predicted octanol–water partition coefficient (Wildman–Crippen LogP) is 0.474. The van der Waals surface area contributed by atoms with Crippen molar-refractivity contribution in [2.75, 3.05) is 20.2 Å². The fourth-order valence-corrected chi connectivity index (χ4v) is 2.33. The smallest absolute Gasteiger partial charge is 0.321 e. The number of methoxy groups -OCH3 is 1. The zero-order valence-electron chi connectivity index (χ0n) is 11.6. The van der Waals surface area contributed by atoms with E-state index in [1.165, 1.54) is 0 Å². The summed E-state index contributed by atoms with van der Waals surface area (Å²) in [5.41, 5.74) is 0. The maximum absolute atomic E-state index is 12.0. The van der Waals surface area contributed by atoms with E-state index >= 15 is 0 Å². The van der Waals surface area contributed by atoms with Crippen LogP contribution < -0.4 is 10.6 Å². The summed E-state index contributed by atoms with van der Waals surface area (Å²) in [6.45, 7) is 3.50. The van der Waals surface area contributed by atoms with E-state index in [1.54, 1.807) is 7.11 Å². The van der Waals surface area contributed by atoms with Crippen LogP contribution in [0.15, 0.2) is 0 Å². The number of likely N-dealkylation sites (tertiary alicyclic amines) is 1. The zero-order chi connectivity index (χ0) is 13.8. The standard InChI is InChI=1S/C13H23N3O3/c1-9(16-7-5-11(19-2)6-8-16)12(17)15-13(18)14-10-3-4-10/h9-11H,3-8H2,1-2H3,(H2,14,15,17,18). The average molecular weight is 269 g/mol. The molecule has 2 fully saturated rings. The number of nitrogens with one attached hydrogen (secondary N) is 2. The van der Waals surface area contributed by atoms with Gasteiger partial charge in [0.2, 0.25) is 5.91 Å². The van der Waals surface area contributed by atoms with Crippen molar-refractivity contribution in [3.8, 4) is 0 Å². The van der Waals surface area contributed by atoms with E-state index in [1.807, 2.05) is 6.92 Å². The third kappa shape index (κ3) is 4.18. The molecule has 19 heavy (non-hydrogen) atoms. The van der Waals surface area contributed by atoms with Gasteiger partial charge in [0.25, 0.3) is 0 Å². The number of rotatable bonds is 4. The first-order valence-electron chi connectivity index (χ1n) is 6.98. The molecule has 0 aromatic heterocycles. The molecule has 1 aliphatic carbocycles. The van der Waals surface area contributed by atoms with Gasteiger partial charge < -0.3 is 10.1 Å². The van der Waals surface area contributed by atoms with Crippen LogP contribution in [0, 0.1) is 0 Å². The molecular formula is C13H23N3O3. The Hall–Kier alpha value is -1.14. The minimum absolute atomic E-state index is 0.228. The Morgan fingerprint density at radius 2 is 1.84 bits per heavy atom. The van der Waals surface area contributed by atoms with Crippen LogP contribution in [-0.4, -0.2) is 55.2 Å². The number of piperidine rings is 1. The highest BCUT2D eigenvalue weighted by Gasteiger charge is 2.29. The number of carbonyl (C=O) groups excluding carboxylic acids is 2. The lowest BCUT2D eigenvalue weighted by Gasteiger charge is -2.34. The Morgan fingerprint density at radius 3 is 2.37 bits per heavy atom. The number of nitrogens with zero attached hydrogens (tertiary/aromatic N) is 1. The number of amides is 3. The van der Waals surface area contributed by atoms with E-state index in [9.17, 15) is 9.59 Å². The molecule has 6 nitrogen and oxygen atoms in total. The van der Waals surface area contributed by atoms with Gasteiger partial charge in [-0.15, -0.1) is 0 Å². The summed E-state index contributed by atoms with van der Waals surface area (Å²) in [6.07, 6.45) is 4.19. The lowest BCUT2D eigenvalue weighted by Crippen LogP contribution is -2.52. The molecule has 0 bridgehead atoms. The minimum Gasteiger partial charge on any atom is -0.381 e. The Kier molecular flexibility index (Phi) is 4.76. The molecule has 2 N–H and O–H groups in total. The second-order valence-corrected chi connectivity index (χ2v) is 5.38. The number of ether oxygens (including phenoxy) is 1. The lowest BCUT2D eigenvalue weighted by molar-refractivity contribution is -0.125. The van der Waals surface area contributed by atoms with Crippen molar-refractivity contribution in [3.05, 3.63) is 0 Å². The summed E-state index contributed by atoms with van der Waals surface area (Å²) in [5, 5.41) is 5.16. The van der Waals surface area contributed by atoms with Crippen LogP contribution in [0.1, 0.15) is 32.6 Å². The summed E-state index contributed by atoms with van der Waals surface area (Å²) in [4.78, 5) is 25.6. The molecule has 3 amide bonds. The molecule has 1 atom stereocenters. The minimum atomic E-state index is -0.369. The van der Waals surface area contributed by atoms with Gasteiger partial charge in [0, 0.05) is 26.2 Å². The van der Waals surface area contributed by atoms with Crippen LogP contribution in [0.4, 0.5) is 4.79 Å². The Balaban J connectivity index is 1.73. The van der Waals surface area contributed by atoms with Crippen molar-refractivity contribution in [2.45, 2.75) is 50.8 Å². The zero-order valence-corrected chi connectivity index (χ0v) is 11.6. The number of imide groups is 1. The van der Waals surface area contributed by atoms with Crippen LogP contribution in [-0.2, 0) is 9.53 Å². The van der Waals surface area contributed by atoms with Crippen molar-refractivity contribution in [3.63, 3.8) is 0 Å². The monoisotopic (exact) mass is 269 g/mol. The van der Waals surface area contributed by atoms with Gasteiger partial charge in [0.1, 0.15) is 0 Å². The van der Waals surface area contributed by atoms with Crippen molar-refractivity contribution < 1.29 is 14.3 Å². The summed E-state index contributed by atoms with van der Waals surface area (Å²) < 4.78 is 5.30. The molecule has 1 heterocycles. The molecule has 0 aromatic rings. The maximum Gasteiger partial charge on any atom is 0.321 e. The quantitative estimate of drug-likeness (QED) is 0.778. The molecule has 0 aromatic carbocycles. The Morgan fingerprint density at radius 1 is 1.21 bits per heavy atom. The van der Waals surface area contributed by atoms with E-state index < -0.39 is 0 Å².